The highest BCUT2D eigenvalue weighted by atomic mass is 16.5. The lowest BCUT2D eigenvalue weighted by Crippen LogP contribution is -2.24. The molecule has 0 saturated carbocycles. The number of amides is 1. The number of rotatable bonds is 7. The molecule has 160 valence electrons. The zero-order valence-corrected chi connectivity index (χ0v) is 18.0. The van der Waals surface area contributed by atoms with E-state index in [1.54, 1.807) is 6.33 Å². The lowest BCUT2D eigenvalue weighted by atomic mass is 10.1. The highest BCUT2D eigenvalue weighted by Gasteiger charge is 2.20. The number of hydrogen-bond acceptors (Lipinski definition) is 5. The number of carbonyl (C=O) groups is 1. The maximum Gasteiger partial charge on any atom is 0.258 e. The molecule has 8 nitrogen and oxygen atoms in total. The van der Waals surface area contributed by atoms with Gasteiger partial charge in [-0.2, -0.15) is 5.10 Å². The average molecular weight is 419 g/mol. The molecular weight excluding hydrogens is 394 g/mol. The number of imidazole rings is 1. The first kappa shape index (κ1) is 20.5. The number of aromatic nitrogens is 4. The van der Waals surface area contributed by atoms with Crippen molar-refractivity contribution < 1.29 is 14.3 Å². The van der Waals surface area contributed by atoms with Gasteiger partial charge in [0, 0.05) is 37.0 Å². The van der Waals surface area contributed by atoms with Crippen LogP contribution in [0.2, 0.25) is 0 Å². The van der Waals surface area contributed by atoms with Gasteiger partial charge in [0.15, 0.2) is 0 Å². The summed E-state index contributed by atoms with van der Waals surface area (Å²) < 4.78 is 14.9. The molecule has 0 atom stereocenters. The highest BCUT2D eigenvalue weighted by molar-refractivity contribution is 6.00. The van der Waals surface area contributed by atoms with Crippen LogP contribution >= 0.6 is 0 Å². The Morgan fingerprint density at radius 1 is 1.06 bits per heavy atom. The van der Waals surface area contributed by atoms with Crippen LogP contribution < -0.4 is 14.8 Å². The number of nitrogens with zero attached hydrogens (tertiary/aromatic N) is 4. The Labute approximate surface area is 180 Å². The fraction of sp³-hybridized carbons (Fsp3) is 0.261. The molecule has 2 aromatic carbocycles. The Morgan fingerprint density at radius 2 is 1.81 bits per heavy atom. The van der Waals surface area contributed by atoms with Crippen LogP contribution in [-0.2, 0) is 6.54 Å². The Balaban J connectivity index is 1.78. The quantitative estimate of drug-likeness (QED) is 0.494. The van der Waals surface area contributed by atoms with Crippen LogP contribution in [0.4, 0.5) is 0 Å². The normalized spacial score (nSPS) is 11.0. The predicted octanol–water partition coefficient (Wildman–Crippen LogP) is 3.68. The van der Waals surface area contributed by atoms with E-state index in [0.717, 1.165) is 34.4 Å². The summed E-state index contributed by atoms with van der Waals surface area (Å²) in [7, 11) is 3.08. The van der Waals surface area contributed by atoms with Crippen molar-refractivity contribution in [3.8, 4) is 28.3 Å². The smallest absolute Gasteiger partial charge is 0.258 e. The number of hydrogen-bond donors (Lipinski definition) is 1. The summed E-state index contributed by atoms with van der Waals surface area (Å²) >= 11 is 0. The molecule has 0 spiro atoms. The molecular formula is C23H25N5O3. The second-order valence-electron chi connectivity index (χ2n) is 6.99. The number of benzene rings is 2. The number of fused-ring (bicyclic) bond motifs is 1. The standard InChI is InChI=1S/C23H25N5O3/c1-5-24-23(29)22-20(30-3)10-17(11-21(22)31-4)28-14-25-18-9-15(7-8-19(18)28)16-12-26-27(6-2)13-16/h7-14H,5-6H2,1-4H3,(H,24,29). The maximum atomic E-state index is 12.5. The summed E-state index contributed by atoms with van der Waals surface area (Å²) in [6.07, 6.45) is 5.63. The number of carbonyl (C=O) groups excluding carboxylic acids is 1. The van der Waals surface area contributed by atoms with Gasteiger partial charge in [0.2, 0.25) is 0 Å². The zero-order valence-electron chi connectivity index (χ0n) is 18.0. The van der Waals surface area contributed by atoms with Crippen molar-refractivity contribution in [1.82, 2.24) is 24.6 Å². The molecule has 1 N–H and O–H groups in total. The van der Waals surface area contributed by atoms with Crippen LogP contribution in [0.5, 0.6) is 11.5 Å². The minimum atomic E-state index is -0.240. The van der Waals surface area contributed by atoms with E-state index >= 15 is 0 Å². The van der Waals surface area contributed by atoms with Crippen molar-refractivity contribution in [2.75, 3.05) is 20.8 Å². The van der Waals surface area contributed by atoms with Crippen molar-refractivity contribution in [3.63, 3.8) is 0 Å². The van der Waals surface area contributed by atoms with Gasteiger partial charge >= 0.3 is 0 Å². The molecule has 0 bridgehead atoms. The molecule has 0 aliphatic rings. The van der Waals surface area contributed by atoms with Crippen LogP contribution in [0.25, 0.3) is 27.8 Å². The molecule has 0 aliphatic heterocycles. The third kappa shape index (κ3) is 3.72. The molecule has 0 radical (unpaired) electrons. The van der Waals surface area contributed by atoms with Gasteiger partial charge in [0.05, 0.1) is 37.1 Å². The molecule has 0 aliphatic carbocycles. The van der Waals surface area contributed by atoms with E-state index in [1.165, 1.54) is 14.2 Å². The van der Waals surface area contributed by atoms with Crippen molar-refractivity contribution >= 4 is 16.9 Å². The Bertz CT molecular complexity index is 1220. The Hall–Kier alpha value is -3.81. The molecule has 0 unspecified atom stereocenters. The first-order valence-electron chi connectivity index (χ1n) is 10.1. The number of ether oxygens (including phenoxy) is 2. The molecule has 4 aromatic rings. The third-order valence-corrected chi connectivity index (χ3v) is 5.17. The van der Waals surface area contributed by atoms with Gasteiger partial charge in [-0.1, -0.05) is 6.07 Å². The lowest BCUT2D eigenvalue weighted by molar-refractivity contribution is 0.0949. The van der Waals surface area contributed by atoms with E-state index in [1.807, 2.05) is 52.8 Å². The van der Waals surface area contributed by atoms with Gasteiger partial charge in [0.1, 0.15) is 23.4 Å². The van der Waals surface area contributed by atoms with E-state index < -0.39 is 0 Å². The van der Waals surface area contributed by atoms with Gasteiger partial charge in [-0.25, -0.2) is 4.98 Å². The van der Waals surface area contributed by atoms with Crippen molar-refractivity contribution in [2.45, 2.75) is 20.4 Å². The van der Waals surface area contributed by atoms with E-state index in [9.17, 15) is 4.79 Å². The first-order valence-corrected chi connectivity index (χ1v) is 10.1. The van der Waals surface area contributed by atoms with E-state index in [2.05, 4.69) is 28.4 Å². The highest BCUT2D eigenvalue weighted by Crippen LogP contribution is 2.34. The second-order valence-corrected chi connectivity index (χ2v) is 6.99. The van der Waals surface area contributed by atoms with Crippen LogP contribution in [-0.4, -0.2) is 46.0 Å². The monoisotopic (exact) mass is 419 g/mol. The molecule has 31 heavy (non-hydrogen) atoms. The summed E-state index contributed by atoms with van der Waals surface area (Å²) in [5.74, 6) is 0.631. The van der Waals surface area contributed by atoms with E-state index in [0.29, 0.717) is 23.6 Å². The van der Waals surface area contributed by atoms with Crippen molar-refractivity contribution in [1.29, 1.82) is 0 Å². The Morgan fingerprint density at radius 3 is 2.42 bits per heavy atom. The maximum absolute atomic E-state index is 12.5. The van der Waals surface area contributed by atoms with Crippen LogP contribution in [0, 0.1) is 0 Å². The molecule has 0 fully saturated rings. The van der Waals surface area contributed by atoms with Crippen LogP contribution in [0.15, 0.2) is 49.1 Å². The molecule has 1 amide bonds. The fourth-order valence-electron chi connectivity index (χ4n) is 3.59. The lowest BCUT2D eigenvalue weighted by Gasteiger charge is -2.15. The number of aryl methyl sites for hydroxylation is 1. The summed E-state index contributed by atoms with van der Waals surface area (Å²) in [5, 5.41) is 7.15. The summed E-state index contributed by atoms with van der Waals surface area (Å²) in [5.41, 5.74) is 5.05. The van der Waals surface area contributed by atoms with Crippen LogP contribution in [0.3, 0.4) is 0 Å². The molecule has 0 saturated heterocycles. The SMILES string of the molecule is CCNC(=O)c1c(OC)cc(-n2cnc3cc(-c4cnn(CC)c4)ccc32)cc1OC. The molecule has 2 aromatic heterocycles. The molecule has 2 heterocycles. The summed E-state index contributed by atoms with van der Waals surface area (Å²) in [6.45, 7) is 5.26. The van der Waals surface area contributed by atoms with Gasteiger partial charge in [-0.3, -0.25) is 14.0 Å². The van der Waals surface area contributed by atoms with Gasteiger partial charge in [-0.15, -0.1) is 0 Å². The predicted molar refractivity (Wildman–Crippen MR) is 119 cm³/mol. The summed E-state index contributed by atoms with van der Waals surface area (Å²) in [4.78, 5) is 17.1. The topological polar surface area (TPSA) is 83.2 Å². The summed E-state index contributed by atoms with van der Waals surface area (Å²) in [6, 6.07) is 9.74. The minimum Gasteiger partial charge on any atom is -0.496 e. The first-order chi connectivity index (χ1) is 15.1. The largest absolute Gasteiger partial charge is 0.496 e. The minimum absolute atomic E-state index is 0.240. The van der Waals surface area contributed by atoms with E-state index in [-0.39, 0.29) is 5.91 Å². The van der Waals surface area contributed by atoms with E-state index in [4.69, 9.17) is 9.47 Å². The molecule has 8 heteroatoms. The van der Waals surface area contributed by atoms with Gasteiger partial charge in [0.25, 0.3) is 5.91 Å². The van der Waals surface area contributed by atoms with Crippen molar-refractivity contribution in [3.05, 3.63) is 54.6 Å². The fourth-order valence-corrected chi connectivity index (χ4v) is 3.59. The van der Waals surface area contributed by atoms with Crippen molar-refractivity contribution in [2.24, 2.45) is 0 Å². The average Bonchev–Trinajstić information content (AvgIpc) is 3.44. The third-order valence-electron chi connectivity index (χ3n) is 5.17. The molecule has 4 rings (SSSR count). The van der Waals surface area contributed by atoms with Gasteiger partial charge < -0.3 is 14.8 Å². The zero-order chi connectivity index (χ0) is 22.0. The van der Waals surface area contributed by atoms with Gasteiger partial charge in [-0.05, 0) is 31.5 Å². The van der Waals surface area contributed by atoms with Crippen LogP contribution in [0.1, 0.15) is 24.2 Å². The Kier molecular flexibility index (Phi) is 5.62. The number of methoxy groups -OCH3 is 2. The number of nitrogens with one attached hydrogen (secondary N) is 1. The second kappa shape index (κ2) is 8.51.